The summed E-state index contributed by atoms with van der Waals surface area (Å²) in [5.41, 5.74) is 0. The maximum absolute atomic E-state index is 5.55. The van der Waals surface area contributed by atoms with E-state index in [1.54, 1.807) is 7.11 Å². The molecule has 1 fully saturated rings. The minimum absolute atomic E-state index is 0.425. The Kier molecular flexibility index (Phi) is 6.15. The van der Waals surface area contributed by atoms with E-state index in [2.05, 4.69) is 0 Å². The van der Waals surface area contributed by atoms with Gasteiger partial charge in [0.25, 0.3) is 0 Å². The van der Waals surface area contributed by atoms with Crippen LogP contribution >= 0.6 is 0 Å². The van der Waals surface area contributed by atoms with E-state index in [9.17, 15) is 0 Å². The number of ether oxygens (including phenoxy) is 3. The zero-order chi connectivity index (χ0) is 9.36. The maximum Gasteiger partial charge on any atom is 0.147 e. The fourth-order valence-corrected chi connectivity index (χ4v) is 1.58. The molecular weight excluding hydrogens is 168 g/mol. The Balaban J connectivity index is 1.86. The van der Waals surface area contributed by atoms with Gasteiger partial charge in [0.15, 0.2) is 0 Å². The van der Waals surface area contributed by atoms with E-state index in [-0.39, 0.29) is 0 Å². The van der Waals surface area contributed by atoms with Crippen molar-refractivity contribution in [1.29, 1.82) is 0 Å². The second-order valence-corrected chi connectivity index (χ2v) is 3.45. The lowest BCUT2D eigenvalue weighted by Gasteiger charge is -2.21. The van der Waals surface area contributed by atoms with Crippen molar-refractivity contribution < 1.29 is 14.2 Å². The highest BCUT2D eigenvalue weighted by atomic mass is 16.7. The van der Waals surface area contributed by atoms with Gasteiger partial charge in [0.2, 0.25) is 0 Å². The summed E-state index contributed by atoms with van der Waals surface area (Å²) in [7, 11) is 1.67. The molecule has 0 aromatic rings. The third-order valence-corrected chi connectivity index (χ3v) is 2.37. The molecule has 1 rings (SSSR count). The van der Waals surface area contributed by atoms with E-state index >= 15 is 0 Å². The molecular formula is C10H20O3. The van der Waals surface area contributed by atoms with Gasteiger partial charge in [-0.1, -0.05) is 19.3 Å². The van der Waals surface area contributed by atoms with Crippen LogP contribution in [-0.2, 0) is 14.2 Å². The molecule has 0 heterocycles. The molecule has 0 amide bonds. The van der Waals surface area contributed by atoms with Crippen molar-refractivity contribution in [1.82, 2.24) is 0 Å². The Morgan fingerprint density at radius 1 is 1.08 bits per heavy atom. The smallest absolute Gasteiger partial charge is 0.147 e. The SMILES string of the molecule is COCCOCOC1CCCCC1. The largest absolute Gasteiger partial charge is 0.382 e. The van der Waals surface area contributed by atoms with Crippen LogP contribution in [0.4, 0.5) is 0 Å². The monoisotopic (exact) mass is 188 g/mol. The van der Waals surface area contributed by atoms with Gasteiger partial charge < -0.3 is 14.2 Å². The van der Waals surface area contributed by atoms with Crippen molar-refractivity contribution in [3.63, 3.8) is 0 Å². The molecule has 1 aliphatic rings. The molecule has 78 valence electrons. The van der Waals surface area contributed by atoms with Gasteiger partial charge >= 0.3 is 0 Å². The van der Waals surface area contributed by atoms with Crippen LogP contribution in [0.2, 0.25) is 0 Å². The molecule has 0 aliphatic heterocycles. The zero-order valence-corrected chi connectivity index (χ0v) is 8.46. The van der Waals surface area contributed by atoms with Crippen LogP contribution in [0, 0.1) is 0 Å². The minimum atomic E-state index is 0.425. The number of hydrogen-bond acceptors (Lipinski definition) is 3. The predicted molar refractivity (Wildman–Crippen MR) is 50.7 cm³/mol. The highest BCUT2D eigenvalue weighted by Gasteiger charge is 2.12. The van der Waals surface area contributed by atoms with Gasteiger partial charge in [-0.05, 0) is 12.8 Å². The van der Waals surface area contributed by atoms with Crippen molar-refractivity contribution in [2.75, 3.05) is 27.1 Å². The number of hydrogen-bond donors (Lipinski definition) is 0. The average molecular weight is 188 g/mol. The van der Waals surface area contributed by atoms with Crippen LogP contribution in [0.1, 0.15) is 32.1 Å². The lowest BCUT2D eigenvalue weighted by atomic mass is 9.98. The molecule has 0 N–H and O–H groups in total. The molecule has 1 saturated carbocycles. The molecule has 0 aromatic carbocycles. The van der Waals surface area contributed by atoms with Gasteiger partial charge in [0.05, 0.1) is 19.3 Å². The molecule has 0 radical (unpaired) electrons. The summed E-state index contributed by atoms with van der Waals surface area (Å²) in [4.78, 5) is 0. The normalized spacial score (nSPS) is 19.2. The summed E-state index contributed by atoms with van der Waals surface area (Å²) in [5, 5.41) is 0. The minimum Gasteiger partial charge on any atom is -0.382 e. The predicted octanol–water partition coefficient (Wildman–Crippen LogP) is 1.96. The Labute approximate surface area is 80.4 Å². The van der Waals surface area contributed by atoms with Crippen molar-refractivity contribution in [3.8, 4) is 0 Å². The highest BCUT2D eigenvalue weighted by molar-refractivity contribution is 4.64. The molecule has 3 heteroatoms. The van der Waals surface area contributed by atoms with E-state index in [0.717, 1.165) is 0 Å². The topological polar surface area (TPSA) is 27.7 Å². The van der Waals surface area contributed by atoms with Crippen LogP contribution in [0.15, 0.2) is 0 Å². The molecule has 0 unspecified atom stereocenters. The van der Waals surface area contributed by atoms with Gasteiger partial charge in [-0.15, -0.1) is 0 Å². The molecule has 3 nitrogen and oxygen atoms in total. The first-order valence-electron chi connectivity index (χ1n) is 5.12. The van der Waals surface area contributed by atoms with E-state index in [0.29, 0.717) is 26.1 Å². The van der Waals surface area contributed by atoms with Crippen molar-refractivity contribution >= 4 is 0 Å². The third kappa shape index (κ3) is 5.24. The first-order chi connectivity index (χ1) is 6.43. The summed E-state index contributed by atoms with van der Waals surface area (Å²) in [6.45, 7) is 1.70. The first-order valence-corrected chi connectivity index (χ1v) is 5.12. The van der Waals surface area contributed by atoms with E-state index in [1.807, 2.05) is 0 Å². The lowest BCUT2D eigenvalue weighted by Crippen LogP contribution is -2.18. The summed E-state index contributed by atoms with van der Waals surface area (Å²) in [6.07, 6.45) is 6.83. The van der Waals surface area contributed by atoms with Crippen LogP contribution in [0.25, 0.3) is 0 Å². The molecule has 13 heavy (non-hydrogen) atoms. The van der Waals surface area contributed by atoms with E-state index in [4.69, 9.17) is 14.2 Å². The molecule has 1 aliphatic carbocycles. The van der Waals surface area contributed by atoms with Gasteiger partial charge in [0, 0.05) is 7.11 Å². The van der Waals surface area contributed by atoms with Crippen LogP contribution in [0.3, 0.4) is 0 Å². The highest BCUT2D eigenvalue weighted by Crippen LogP contribution is 2.19. The molecule has 0 bridgehead atoms. The van der Waals surface area contributed by atoms with Crippen LogP contribution < -0.4 is 0 Å². The third-order valence-electron chi connectivity index (χ3n) is 2.37. The quantitative estimate of drug-likeness (QED) is 0.471. The van der Waals surface area contributed by atoms with Crippen molar-refractivity contribution in [2.24, 2.45) is 0 Å². The molecule has 0 spiro atoms. The van der Waals surface area contributed by atoms with E-state index in [1.165, 1.54) is 32.1 Å². The fourth-order valence-electron chi connectivity index (χ4n) is 1.58. The van der Waals surface area contributed by atoms with Crippen molar-refractivity contribution in [3.05, 3.63) is 0 Å². The lowest BCUT2D eigenvalue weighted by molar-refractivity contribution is -0.105. The maximum atomic E-state index is 5.55. The standard InChI is InChI=1S/C10H20O3/c1-11-7-8-12-9-13-10-5-3-2-4-6-10/h10H,2-9H2,1H3. The Morgan fingerprint density at radius 3 is 2.54 bits per heavy atom. The average Bonchev–Trinajstić information content (AvgIpc) is 2.19. The Bertz CT molecular complexity index is 111. The summed E-state index contributed by atoms with van der Waals surface area (Å²) < 4.78 is 15.6. The van der Waals surface area contributed by atoms with Crippen molar-refractivity contribution in [2.45, 2.75) is 38.2 Å². The van der Waals surface area contributed by atoms with Gasteiger partial charge in [0.1, 0.15) is 6.79 Å². The molecule has 0 atom stereocenters. The summed E-state index contributed by atoms with van der Waals surface area (Å²) in [5.74, 6) is 0. The molecule has 0 aromatic heterocycles. The number of methoxy groups -OCH3 is 1. The molecule has 0 saturated heterocycles. The number of rotatable bonds is 6. The second kappa shape index (κ2) is 7.30. The van der Waals surface area contributed by atoms with Crippen LogP contribution in [-0.4, -0.2) is 33.2 Å². The first kappa shape index (κ1) is 11.0. The van der Waals surface area contributed by atoms with Crippen LogP contribution in [0.5, 0.6) is 0 Å². The fraction of sp³-hybridized carbons (Fsp3) is 1.00. The summed E-state index contributed by atoms with van der Waals surface area (Å²) >= 11 is 0. The van der Waals surface area contributed by atoms with Gasteiger partial charge in [-0.2, -0.15) is 0 Å². The van der Waals surface area contributed by atoms with Gasteiger partial charge in [-0.25, -0.2) is 0 Å². The van der Waals surface area contributed by atoms with E-state index < -0.39 is 0 Å². The zero-order valence-electron chi connectivity index (χ0n) is 8.46. The Hall–Kier alpha value is -0.120. The Morgan fingerprint density at radius 2 is 1.85 bits per heavy atom. The second-order valence-electron chi connectivity index (χ2n) is 3.45. The summed E-state index contributed by atoms with van der Waals surface area (Å²) in [6, 6.07) is 0. The van der Waals surface area contributed by atoms with Gasteiger partial charge in [-0.3, -0.25) is 0 Å².